The topological polar surface area (TPSA) is 141 Å². The Kier molecular flexibility index (Phi) is 6.45. The molecule has 1 aliphatic carbocycles. The molecule has 1 aromatic heterocycles. The van der Waals surface area contributed by atoms with Gasteiger partial charge in [0.1, 0.15) is 24.2 Å². The van der Waals surface area contributed by atoms with Crippen molar-refractivity contribution in [1.82, 2.24) is 0 Å². The number of furan rings is 1. The Morgan fingerprint density at radius 3 is 2.63 bits per heavy atom. The largest absolute Gasteiger partial charge is 0.488 e. The van der Waals surface area contributed by atoms with Crippen LogP contribution in [-0.4, -0.2) is 46.2 Å². The van der Waals surface area contributed by atoms with Gasteiger partial charge in [-0.2, -0.15) is 0 Å². The third-order valence-corrected chi connectivity index (χ3v) is 7.35. The van der Waals surface area contributed by atoms with Gasteiger partial charge in [-0.3, -0.25) is 14.5 Å². The first-order chi connectivity index (χ1) is 16.8. The Morgan fingerprint density at radius 1 is 1.14 bits per heavy atom. The maximum Gasteiger partial charge on any atom is 0.488 e. The Balaban J connectivity index is 1.53. The van der Waals surface area contributed by atoms with E-state index in [-0.39, 0.29) is 23.9 Å². The molecule has 0 saturated carbocycles. The van der Waals surface area contributed by atoms with Gasteiger partial charge in [0.2, 0.25) is 11.8 Å². The van der Waals surface area contributed by atoms with E-state index in [1.807, 2.05) is 6.92 Å². The first-order valence-electron chi connectivity index (χ1n) is 11.9. The average molecular weight is 479 g/mol. The molecule has 2 aromatic rings. The summed E-state index contributed by atoms with van der Waals surface area (Å²) in [4.78, 5) is 28.4. The molecule has 4 atom stereocenters. The third kappa shape index (κ3) is 4.07. The fourth-order valence-electron chi connectivity index (χ4n) is 5.86. The van der Waals surface area contributed by atoms with Crippen molar-refractivity contribution in [3.63, 3.8) is 0 Å². The summed E-state index contributed by atoms with van der Waals surface area (Å²) in [5.41, 5.74) is 2.10. The van der Waals surface area contributed by atoms with E-state index in [1.165, 1.54) is 12.1 Å². The molecule has 9 nitrogen and oxygen atoms in total. The lowest BCUT2D eigenvalue weighted by atomic mass is 9.55. The van der Waals surface area contributed by atoms with Crippen molar-refractivity contribution in [1.29, 1.82) is 0 Å². The standard InChI is InChI=1S/C24H27B2NO8/c1-2-4-13-9-18-21(24(30)27(23(18)29)15-6-3-5-14(10-15)25(31)32)17-11-20(35-26(33)22(13)17)19-8-7-16(12-28)34-19/h3,5-8,10,17-18,20-21,28,31-33H,2,4,9,11-12H2,1H3/t17-,18-,20-,21+/m0/s1. The maximum atomic E-state index is 13.7. The van der Waals surface area contributed by atoms with Crippen molar-refractivity contribution in [2.45, 2.75) is 45.3 Å². The van der Waals surface area contributed by atoms with Crippen LogP contribution in [-0.2, 0) is 20.9 Å². The summed E-state index contributed by atoms with van der Waals surface area (Å²) in [6, 6.07) is 9.43. The van der Waals surface area contributed by atoms with Crippen LogP contribution in [0.2, 0.25) is 0 Å². The number of nitrogens with zero attached hydrogens (tertiary/aromatic N) is 1. The van der Waals surface area contributed by atoms with E-state index in [0.717, 1.165) is 16.9 Å². The molecule has 2 aliphatic heterocycles. The SMILES string of the molecule is CCCC1=C2B(O)O[C@H](c3ccc(CO)o3)C[C@H]2[C@H]2C(=O)N(c3cccc(B(O)O)c3)C(=O)[C@H]2C1. The molecular formula is C24H27B2NO8. The number of amides is 2. The molecule has 3 aliphatic rings. The molecule has 1 aromatic carbocycles. The third-order valence-electron chi connectivity index (χ3n) is 7.35. The van der Waals surface area contributed by atoms with Gasteiger partial charge < -0.3 is 29.3 Å². The van der Waals surface area contributed by atoms with Gasteiger partial charge in [0, 0.05) is 0 Å². The van der Waals surface area contributed by atoms with E-state index in [1.54, 1.807) is 24.3 Å². The lowest BCUT2D eigenvalue weighted by molar-refractivity contribution is -0.123. The molecule has 182 valence electrons. The normalized spacial score (nSPS) is 26.3. The van der Waals surface area contributed by atoms with Gasteiger partial charge in [0.05, 0.1) is 17.5 Å². The van der Waals surface area contributed by atoms with Crippen molar-refractivity contribution in [2.24, 2.45) is 17.8 Å². The van der Waals surface area contributed by atoms with Crippen molar-refractivity contribution in [2.75, 3.05) is 4.90 Å². The summed E-state index contributed by atoms with van der Waals surface area (Å²) < 4.78 is 11.5. The summed E-state index contributed by atoms with van der Waals surface area (Å²) >= 11 is 0. The zero-order valence-electron chi connectivity index (χ0n) is 19.3. The Hall–Kier alpha value is -2.69. The fourth-order valence-corrected chi connectivity index (χ4v) is 5.86. The highest BCUT2D eigenvalue weighted by Gasteiger charge is 2.58. The van der Waals surface area contributed by atoms with E-state index in [4.69, 9.17) is 9.07 Å². The fraction of sp³-hybridized carbons (Fsp3) is 0.417. The first kappa shape index (κ1) is 24.0. The van der Waals surface area contributed by atoms with E-state index < -0.39 is 38.1 Å². The van der Waals surface area contributed by atoms with Crippen LogP contribution in [0.5, 0.6) is 0 Å². The molecule has 3 heterocycles. The van der Waals surface area contributed by atoms with Gasteiger partial charge in [-0.15, -0.1) is 0 Å². The van der Waals surface area contributed by atoms with E-state index in [0.29, 0.717) is 41.9 Å². The van der Waals surface area contributed by atoms with Crippen LogP contribution in [0.4, 0.5) is 5.69 Å². The predicted octanol–water partition coefficient (Wildman–Crippen LogP) is 0.855. The molecular weight excluding hydrogens is 452 g/mol. The highest BCUT2D eigenvalue weighted by molar-refractivity contribution is 6.58. The maximum absolute atomic E-state index is 13.7. The summed E-state index contributed by atoms with van der Waals surface area (Å²) in [5, 5.41) is 39.5. The van der Waals surface area contributed by atoms with Crippen LogP contribution in [0, 0.1) is 17.8 Å². The van der Waals surface area contributed by atoms with Gasteiger partial charge in [-0.1, -0.05) is 31.1 Å². The minimum absolute atomic E-state index is 0.183. The number of rotatable bonds is 6. The van der Waals surface area contributed by atoms with Crippen LogP contribution in [0.25, 0.3) is 0 Å². The smallest absolute Gasteiger partial charge is 0.461 e. The lowest BCUT2D eigenvalue weighted by Crippen LogP contribution is -2.44. The molecule has 35 heavy (non-hydrogen) atoms. The summed E-state index contributed by atoms with van der Waals surface area (Å²) in [7, 11) is -2.95. The minimum Gasteiger partial charge on any atom is -0.461 e. The molecule has 4 N–H and O–H groups in total. The molecule has 0 unspecified atom stereocenters. The number of carbonyl (C=O) groups excluding carboxylic acids is 2. The summed E-state index contributed by atoms with van der Waals surface area (Å²) in [5.74, 6) is -1.53. The molecule has 2 saturated heterocycles. The number of carbonyl (C=O) groups is 2. The van der Waals surface area contributed by atoms with Crippen LogP contribution < -0.4 is 10.4 Å². The lowest BCUT2D eigenvalue weighted by Gasteiger charge is -2.41. The predicted molar refractivity (Wildman–Crippen MR) is 127 cm³/mol. The quantitative estimate of drug-likeness (QED) is 0.354. The summed E-state index contributed by atoms with van der Waals surface area (Å²) in [6.07, 6.45) is 1.59. The van der Waals surface area contributed by atoms with Gasteiger partial charge in [-0.25, -0.2) is 0 Å². The molecule has 2 amide bonds. The number of benzene rings is 1. The molecule has 0 radical (unpaired) electrons. The molecule has 11 heteroatoms. The number of aliphatic hydroxyl groups is 1. The zero-order valence-corrected chi connectivity index (χ0v) is 19.3. The van der Waals surface area contributed by atoms with Crippen LogP contribution >= 0.6 is 0 Å². The van der Waals surface area contributed by atoms with Gasteiger partial charge >= 0.3 is 14.2 Å². The molecule has 2 fully saturated rings. The van der Waals surface area contributed by atoms with Crippen molar-refractivity contribution < 1.29 is 38.8 Å². The second kappa shape index (κ2) is 9.40. The number of hydrogen-bond donors (Lipinski definition) is 4. The second-order valence-corrected chi connectivity index (χ2v) is 9.41. The van der Waals surface area contributed by atoms with Crippen molar-refractivity contribution in [3.05, 3.63) is 59.0 Å². The molecule has 0 bridgehead atoms. The van der Waals surface area contributed by atoms with Crippen molar-refractivity contribution in [3.8, 4) is 0 Å². The highest BCUT2D eigenvalue weighted by atomic mass is 16.5. The minimum atomic E-state index is -1.72. The zero-order chi connectivity index (χ0) is 24.9. The van der Waals surface area contributed by atoms with Crippen LogP contribution in [0.1, 0.15) is 50.2 Å². The van der Waals surface area contributed by atoms with Crippen LogP contribution in [0.3, 0.4) is 0 Å². The number of hydrogen-bond acceptors (Lipinski definition) is 8. The first-order valence-corrected chi connectivity index (χ1v) is 11.9. The average Bonchev–Trinajstić information content (AvgIpc) is 3.42. The highest BCUT2D eigenvalue weighted by Crippen LogP contribution is 2.52. The molecule has 5 rings (SSSR count). The number of imide groups is 1. The second-order valence-electron chi connectivity index (χ2n) is 9.41. The Labute approximate surface area is 203 Å². The van der Waals surface area contributed by atoms with Crippen molar-refractivity contribution >= 4 is 37.2 Å². The van der Waals surface area contributed by atoms with E-state index in [2.05, 4.69) is 0 Å². The molecule has 0 spiro atoms. The van der Waals surface area contributed by atoms with Gasteiger partial charge in [-0.05, 0) is 60.4 Å². The Morgan fingerprint density at radius 2 is 1.94 bits per heavy atom. The van der Waals surface area contributed by atoms with E-state index >= 15 is 0 Å². The number of aliphatic hydroxyl groups excluding tert-OH is 1. The Bertz CT molecular complexity index is 1180. The van der Waals surface area contributed by atoms with Gasteiger partial charge in [0.15, 0.2) is 0 Å². The van der Waals surface area contributed by atoms with E-state index in [9.17, 15) is 29.8 Å². The number of fused-ring (bicyclic) bond motifs is 3. The number of allylic oxidation sites excluding steroid dienone is 2. The summed E-state index contributed by atoms with van der Waals surface area (Å²) in [6.45, 7) is 1.76. The van der Waals surface area contributed by atoms with Crippen LogP contribution in [0.15, 0.2) is 51.9 Å². The monoisotopic (exact) mass is 479 g/mol. The van der Waals surface area contributed by atoms with Gasteiger partial charge in [0.25, 0.3) is 0 Å². The number of anilines is 1.